The van der Waals surface area contributed by atoms with Crippen LogP contribution in [0.15, 0.2) is 48.5 Å². The largest absolute Gasteiger partial charge is 0.369 e. The molecule has 5 heteroatoms. The van der Waals surface area contributed by atoms with Crippen LogP contribution in [0.1, 0.15) is 31.1 Å². The Morgan fingerprint density at radius 2 is 1.84 bits per heavy atom. The number of rotatable bonds is 3. The van der Waals surface area contributed by atoms with Crippen LogP contribution in [0, 0.1) is 11.6 Å². The first-order chi connectivity index (χ1) is 11.9. The lowest BCUT2D eigenvalue weighted by atomic mass is 9.96. The summed E-state index contributed by atoms with van der Waals surface area (Å²) in [5.41, 5.74) is 0.715. The molecule has 0 radical (unpaired) electrons. The van der Waals surface area contributed by atoms with E-state index < -0.39 is 11.6 Å². The first-order valence-electron chi connectivity index (χ1n) is 8.28. The minimum Gasteiger partial charge on any atom is -0.369 e. The van der Waals surface area contributed by atoms with E-state index in [0.717, 1.165) is 5.56 Å². The summed E-state index contributed by atoms with van der Waals surface area (Å²) >= 11 is 0. The van der Waals surface area contributed by atoms with Crippen LogP contribution in [0.4, 0.5) is 8.78 Å². The number of amides is 1. The maximum atomic E-state index is 14.1. The maximum Gasteiger partial charge on any atom is 0.227 e. The van der Waals surface area contributed by atoms with Crippen LogP contribution in [0.2, 0.25) is 0 Å². The van der Waals surface area contributed by atoms with Crippen molar-refractivity contribution in [1.29, 1.82) is 0 Å². The monoisotopic (exact) mass is 345 g/mol. The van der Waals surface area contributed by atoms with Gasteiger partial charge in [0.1, 0.15) is 17.7 Å². The predicted molar refractivity (Wildman–Crippen MR) is 91.0 cm³/mol. The van der Waals surface area contributed by atoms with Gasteiger partial charge in [0.25, 0.3) is 0 Å². The smallest absolute Gasteiger partial charge is 0.227 e. The van der Waals surface area contributed by atoms with Gasteiger partial charge in [-0.05, 0) is 37.6 Å². The second-order valence-corrected chi connectivity index (χ2v) is 6.94. The van der Waals surface area contributed by atoms with E-state index in [9.17, 15) is 13.6 Å². The van der Waals surface area contributed by atoms with Crippen LogP contribution in [0.25, 0.3) is 0 Å². The normalized spacial score (nSPS) is 19.7. The Balaban J connectivity index is 1.78. The van der Waals surface area contributed by atoms with Crippen LogP contribution >= 0.6 is 0 Å². The molecule has 0 aliphatic carbocycles. The Morgan fingerprint density at radius 1 is 1.16 bits per heavy atom. The molecule has 0 spiro atoms. The summed E-state index contributed by atoms with van der Waals surface area (Å²) in [5.74, 6) is -0.748. The van der Waals surface area contributed by atoms with Crippen molar-refractivity contribution < 1.29 is 18.3 Å². The highest BCUT2D eigenvalue weighted by atomic mass is 19.1. The minimum atomic E-state index is -0.494. The molecule has 0 bridgehead atoms. The lowest BCUT2D eigenvalue weighted by Crippen LogP contribution is -2.56. The molecule has 1 heterocycles. The molecule has 3 nitrogen and oxygen atoms in total. The molecule has 0 N–H and O–H groups in total. The van der Waals surface area contributed by atoms with Crippen LogP contribution in [-0.2, 0) is 16.0 Å². The van der Waals surface area contributed by atoms with E-state index in [2.05, 4.69) is 0 Å². The molecule has 3 rings (SSSR count). The van der Waals surface area contributed by atoms with Crippen molar-refractivity contribution in [3.05, 3.63) is 71.3 Å². The van der Waals surface area contributed by atoms with E-state index in [1.807, 2.05) is 13.8 Å². The summed E-state index contributed by atoms with van der Waals surface area (Å²) in [6.45, 7) is 4.45. The molecule has 1 fully saturated rings. The fourth-order valence-corrected chi connectivity index (χ4v) is 3.08. The van der Waals surface area contributed by atoms with Gasteiger partial charge >= 0.3 is 0 Å². The van der Waals surface area contributed by atoms with Gasteiger partial charge in [-0.1, -0.05) is 30.3 Å². The van der Waals surface area contributed by atoms with Crippen LogP contribution < -0.4 is 0 Å². The second-order valence-electron chi connectivity index (χ2n) is 6.94. The average Bonchev–Trinajstić information content (AvgIpc) is 2.57. The van der Waals surface area contributed by atoms with Gasteiger partial charge in [-0.3, -0.25) is 4.79 Å². The zero-order valence-corrected chi connectivity index (χ0v) is 14.3. The standard InChI is InChI=1S/C20H21F2NO2/c1-20(2)13-25-18(16-5-3-4-6-17(16)22)12-23(20)19(24)11-14-7-9-15(21)10-8-14/h3-10,18H,11-13H2,1-2H3. The van der Waals surface area contributed by atoms with E-state index in [1.54, 1.807) is 35.2 Å². The van der Waals surface area contributed by atoms with Crippen molar-refractivity contribution >= 4 is 5.91 Å². The van der Waals surface area contributed by atoms with Crippen molar-refractivity contribution in [1.82, 2.24) is 4.90 Å². The molecule has 1 aliphatic heterocycles. The van der Waals surface area contributed by atoms with Crippen LogP contribution in [-0.4, -0.2) is 29.5 Å². The third kappa shape index (κ3) is 3.87. The molecular formula is C20H21F2NO2. The van der Waals surface area contributed by atoms with Gasteiger partial charge in [0, 0.05) is 5.56 Å². The molecule has 1 atom stereocenters. The molecule has 1 amide bonds. The van der Waals surface area contributed by atoms with Crippen molar-refractivity contribution in [3.63, 3.8) is 0 Å². The summed E-state index contributed by atoms with van der Waals surface area (Å²) in [4.78, 5) is 14.5. The average molecular weight is 345 g/mol. The summed E-state index contributed by atoms with van der Waals surface area (Å²) in [7, 11) is 0. The Hall–Kier alpha value is -2.27. The highest BCUT2D eigenvalue weighted by molar-refractivity contribution is 5.79. The number of ether oxygens (including phenoxy) is 1. The van der Waals surface area contributed by atoms with Crippen molar-refractivity contribution in [3.8, 4) is 0 Å². The third-order valence-electron chi connectivity index (χ3n) is 4.54. The number of hydrogen-bond acceptors (Lipinski definition) is 2. The predicted octanol–water partition coefficient (Wildman–Crippen LogP) is 3.89. The Morgan fingerprint density at radius 3 is 2.52 bits per heavy atom. The van der Waals surface area contributed by atoms with Crippen molar-refractivity contribution in [2.45, 2.75) is 31.9 Å². The van der Waals surface area contributed by atoms with Gasteiger partial charge in [-0.25, -0.2) is 8.78 Å². The first-order valence-corrected chi connectivity index (χ1v) is 8.28. The van der Waals surface area contributed by atoms with Gasteiger partial charge in [0.05, 0.1) is 25.1 Å². The van der Waals surface area contributed by atoms with Gasteiger partial charge in [0.15, 0.2) is 0 Å². The zero-order valence-electron chi connectivity index (χ0n) is 14.3. The molecule has 2 aromatic rings. The fourth-order valence-electron chi connectivity index (χ4n) is 3.08. The highest BCUT2D eigenvalue weighted by Crippen LogP contribution is 2.32. The molecule has 2 aromatic carbocycles. The van der Waals surface area contributed by atoms with E-state index in [-0.39, 0.29) is 30.5 Å². The maximum absolute atomic E-state index is 14.1. The van der Waals surface area contributed by atoms with Crippen molar-refractivity contribution in [2.75, 3.05) is 13.2 Å². The number of carbonyl (C=O) groups is 1. The molecule has 0 saturated carbocycles. The third-order valence-corrected chi connectivity index (χ3v) is 4.54. The van der Waals surface area contributed by atoms with Gasteiger partial charge in [-0.15, -0.1) is 0 Å². The molecule has 25 heavy (non-hydrogen) atoms. The second kappa shape index (κ2) is 6.92. The lowest BCUT2D eigenvalue weighted by molar-refractivity contribution is -0.154. The van der Waals surface area contributed by atoms with Gasteiger partial charge in [-0.2, -0.15) is 0 Å². The van der Waals surface area contributed by atoms with E-state index in [1.165, 1.54) is 18.2 Å². The quantitative estimate of drug-likeness (QED) is 0.845. The Labute approximate surface area is 146 Å². The lowest BCUT2D eigenvalue weighted by Gasteiger charge is -2.45. The highest BCUT2D eigenvalue weighted by Gasteiger charge is 2.39. The zero-order chi connectivity index (χ0) is 18.0. The molecule has 0 aromatic heterocycles. The molecular weight excluding hydrogens is 324 g/mol. The Bertz CT molecular complexity index is 759. The van der Waals surface area contributed by atoms with Crippen LogP contribution in [0.3, 0.4) is 0 Å². The van der Waals surface area contributed by atoms with Crippen LogP contribution in [0.5, 0.6) is 0 Å². The van der Waals surface area contributed by atoms with E-state index in [0.29, 0.717) is 12.2 Å². The SMILES string of the molecule is CC1(C)COC(c2ccccc2F)CN1C(=O)Cc1ccc(F)cc1. The molecule has 1 aliphatic rings. The number of carbonyl (C=O) groups excluding carboxylic acids is 1. The molecule has 132 valence electrons. The minimum absolute atomic E-state index is 0.0822. The summed E-state index contributed by atoms with van der Waals surface area (Å²) in [6, 6.07) is 12.4. The van der Waals surface area contributed by atoms with Crippen molar-refractivity contribution in [2.24, 2.45) is 0 Å². The summed E-state index contributed by atoms with van der Waals surface area (Å²) in [5, 5.41) is 0. The molecule has 1 unspecified atom stereocenters. The summed E-state index contributed by atoms with van der Waals surface area (Å²) in [6.07, 6.45) is -0.320. The number of benzene rings is 2. The summed E-state index contributed by atoms with van der Waals surface area (Å²) < 4.78 is 32.9. The van der Waals surface area contributed by atoms with Gasteiger partial charge in [0.2, 0.25) is 5.91 Å². The van der Waals surface area contributed by atoms with E-state index in [4.69, 9.17) is 4.74 Å². The molecule has 1 saturated heterocycles. The number of hydrogen-bond donors (Lipinski definition) is 0. The number of morpholine rings is 1. The van der Waals surface area contributed by atoms with Gasteiger partial charge < -0.3 is 9.64 Å². The topological polar surface area (TPSA) is 29.5 Å². The fraction of sp³-hybridized carbons (Fsp3) is 0.350. The first kappa shape index (κ1) is 17.5. The number of halogens is 2. The Kier molecular flexibility index (Phi) is 4.86. The van der Waals surface area contributed by atoms with E-state index >= 15 is 0 Å². The number of nitrogens with zero attached hydrogens (tertiary/aromatic N) is 1.